The van der Waals surface area contributed by atoms with Crippen LogP contribution in [0.1, 0.15) is 81.3 Å². The van der Waals surface area contributed by atoms with Gasteiger partial charge in [-0.1, -0.05) is 0 Å². The molecule has 0 saturated carbocycles. The van der Waals surface area contributed by atoms with Gasteiger partial charge in [-0.25, -0.2) is 0 Å². The molecule has 0 aliphatic heterocycles. The Morgan fingerprint density at radius 1 is 0.732 bits per heavy atom. The summed E-state index contributed by atoms with van der Waals surface area (Å²) in [6.07, 6.45) is 9.14. The first-order valence-electron chi connectivity index (χ1n) is 14.7. The molecule has 0 unspecified atom stereocenters. The van der Waals surface area contributed by atoms with Gasteiger partial charge in [0.25, 0.3) is 0 Å². The normalized spacial score (nSPS) is 15.0. The zero-order valence-corrected chi connectivity index (χ0v) is 28.3. The molecule has 0 fully saturated rings. The van der Waals surface area contributed by atoms with Crippen LogP contribution in [-0.4, -0.2) is 3.21 Å². The van der Waals surface area contributed by atoms with E-state index in [0.29, 0.717) is 0 Å². The maximum atomic E-state index is 6.43. The quantitative estimate of drug-likeness (QED) is 0.185. The Labute approximate surface area is 259 Å². The fourth-order valence-corrected chi connectivity index (χ4v) is 15.5. The summed E-state index contributed by atoms with van der Waals surface area (Å²) in [4.78, 5) is 0. The minimum absolute atomic E-state index is 0.0376. The average Bonchev–Trinajstić information content (AvgIpc) is 3.59. The van der Waals surface area contributed by atoms with E-state index in [1.807, 2.05) is 0 Å². The van der Waals surface area contributed by atoms with E-state index >= 15 is 0 Å². The van der Waals surface area contributed by atoms with Crippen LogP contribution in [0.4, 0.5) is 0 Å². The van der Waals surface area contributed by atoms with Crippen molar-refractivity contribution in [3.8, 4) is 11.1 Å². The molecule has 0 N–H and O–H groups in total. The van der Waals surface area contributed by atoms with Gasteiger partial charge in [0, 0.05) is 0 Å². The molecule has 0 aromatic heterocycles. The molecule has 4 aromatic rings. The Balaban J connectivity index is 1.72. The van der Waals surface area contributed by atoms with Gasteiger partial charge < -0.3 is 0 Å². The summed E-state index contributed by atoms with van der Waals surface area (Å²) in [5.41, 5.74) is 11.7. The molecule has 0 saturated heterocycles. The van der Waals surface area contributed by atoms with E-state index in [0.717, 1.165) is 17.9 Å². The third-order valence-electron chi connectivity index (χ3n) is 8.54. The minimum atomic E-state index is -2.76. The molecule has 2 heteroatoms. The monoisotopic (exact) mass is 632 g/mol. The first kappa shape index (κ1) is 28.5. The summed E-state index contributed by atoms with van der Waals surface area (Å²) in [5, 5.41) is 0.786. The number of hydrogen-bond acceptors (Lipinski definition) is 0. The van der Waals surface area contributed by atoms with E-state index in [9.17, 15) is 0 Å². The molecule has 206 valence electrons. The number of halogens is 1. The van der Waals surface area contributed by atoms with Crippen molar-refractivity contribution >= 4 is 18.1 Å². The molecule has 0 atom stereocenters. The van der Waals surface area contributed by atoms with E-state index < -0.39 is 21.3 Å². The van der Waals surface area contributed by atoms with Gasteiger partial charge in [-0.3, -0.25) is 0 Å². The van der Waals surface area contributed by atoms with E-state index in [2.05, 4.69) is 145 Å². The van der Waals surface area contributed by atoms with Crippen LogP contribution < -0.4 is 3.27 Å². The molecule has 2 aliphatic rings. The van der Waals surface area contributed by atoms with Crippen LogP contribution in [0, 0.1) is 0 Å². The molecule has 2 aliphatic carbocycles. The summed E-state index contributed by atoms with van der Waals surface area (Å²) in [6, 6.07) is 31.9. The molecule has 6 rings (SSSR count). The third-order valence-corrected chi connectivity index (χ3v) is 16.6. The van der Waals surface area contributed by atoms with Crippen molar-refractivity contribution in [2.24, 2.45) is 0 Å². The Bertz CT molecular complexity index is 1720. The van der Waals surface area contributed by atoms with Crippen molar-refractivity contribution in [3.63, 3.8) is 0 Å². The molecule has 4 aromatic carbocycles. The SMILES string of the molecule is CC(C)(C)c1ccc2c(c1)Cc1c-2ccc(C(C)(C)C)[c]1/[Zr]([C]1=CC=CC1)=[C](/c1ccccc1)c1ccc(Cl)cc1. The molecule has 0 bridgehead atoms. The topological polar surface area (TPSA) is 0 Å². The van der Waals surface area contributed by atoms with Crippen LogP contribution in [0.3, 0.4) is 0 Å². The van der Waals surface area contributed by atoms with Crippen molar-refractivity contribution in [2.75, 3.05) is 0 Å². The Kier molecular flexibility index (Phi) is 7.59. The summed E-state index contributed by atoms with van der Waals surface area (Å²) in [5.74, 6) is 0. The first-order valence-corrected chi connectivity index (χ1v) is 18.8. The molecule has 0 heterocycles. The first-order chi connectivity index (χ1) is 19.5. The predicted molar refractivity (Wildman–Crippen MR) is 175 cm³/mol. The zero-order chi connectivity index (χ0) is 28.9. The van der Waals surface area contributed by atoms with Gasteiger partial charge >= 0.3 is 261 Å². The van der Waals surface area contributed by atoms with E-state index in [1.165, 1.54) is 38.9 Å². The van der Waals surface area contributed by atoms with E-state index in [1.54, 1.807) is 15.3 Å². The summed E-state index contributed by atoms with van der Waals surface area (Å²) in [6.45, 7) is 14.1. The summed E-state index contributed by atoms with van der Waals surface area (Å²) in [7, 11) is 0. The number of rotatable bonds is 4. The second kappa shape index (κ2) is 10.9. The van der Waals surface area contributed by atoms with Gasteiger partial charge in [0.15, 0.2) is 0 Å². The fourth-order valence-electron chi connectivity index (χ4n) is 6.41. The molecule has 0 nitrogen and oxygen atoms in total. The predicted octanol–water partition coefficient (Wildman–Crippen LogP) is 9.86. The molecular weight excluding hydrogens is 595 g/mol. The average molecular weight is 634 g/mol. The van der Waals surface area contributed by atoms with Gasteiger partial charge in [-0.2, -0.15) is 0 Å². The van der Waals surface area contributed by atoms with Gasteiger partial charge in [-0.05, 0) is 0 Å². The number of benzene rings is 4. The van der Waals surface area contributed by atoms with Crippen LogP contribution in [0.25, 0.3) is 11.1 Å². The van der Waals surface area contributed by atoms with Crippen LogP contribution >= 0.6 is 11.6 Å². The van der Waals surface area contributed by atoms with Crippen molar-refractivity contribution < 1.29 is 21.3 Å². The second-order valence-corrected chi connectivity index (χ2v) is 19.8. The van der Waals surface area contributed by atoms with Gasteiger partial charge in [0.05, 0.1) is 0 Å². The number of fused-ring (bicyclic) bond motifs is 3. The number of allylic oxidation sites excluding steroid dienone is 4. The molecule has 0 amide bonds. The maximum absolute atomic E-state index is 6.43. The number of hydrogen-bond donors (Lipinski definition) is 0. The van der Waals surface area contributed by atoms with E-state index in [4.69, 9.17) is 11.6 Å². The summed E-state index contributed by atoms with van der Waals surface area (Å²) >= 11 is 3.66. The van der Waals surface area contributed by atoms with Crippen LogP contribution in [-0.2, 0) is 38.5 Å². The zero-order valence-electron chi connectivity index (χ0n) is 25.1. The van der Waals surface area contributed by atoms with Crippen molar-refractivity contribution in [3.05, 3.63) is 145 Å². The Morgan fingerprint density at radius 2 is 1.41 bits per heavy atom. The summed E-state index contributed by atoms with van der Waals surface area (Å²) < 4.78 is 4.87. The molecule has 0 radical (unpaired) electrons. The third kappa shape index (κ3) is 5.49. The fraction of sp³-hybridized carbons (Fsp3) is 0.256. The molecule has 0 spiro atoms. The van der Waals surface area contributed by atoms with Crippen molar-refractivity contribution in [2.45, 2.75) is 65.2 Å². The van der Waals surface area contributed by atoms with Crippen molar-refractivity contribution in [1.82, 2.24) is 0 Å². The molecular formula is C39H39ClZr. The Morgan fingerprint density at radius 3 is 2.05 bits per heavy atom. The van der Waals surface area contributed by atoms with Crippen LogP contribution in [0.2, 0.25) is 5.02 Å². The van der Waals surface area contributed by atoms with Crippen molar-refractivity contribution in [1.29, 1.82) is 0 Å². The van der Waals surface area contributed by atoms with Crippen LogP contribution in [0.5, 0.6) is 0 Å². The van der Waals surface area contributed by atoms with E-state index in [-0.39, 0.29) is 10.8 Å². The van der Waals surface area contributed by atoms with Gasteiger partial charge in [-0.15, -0.1) is 0 Å². The standard InChI is InChI=1S/C21H25.C13H9Cl.C5H5.Zr/c1-20(2,3)16-7-9-18-14(12-16)11-15-13-17(21(4,5)6)8-10-19(15)18;14-13-8-6-12(7-9-13)10-11-4-2-1-3-5-11;1-2-4-5-3-1;/h7-10,12H,11H2,1-6H3;1-9H;1-3H,4H2;. The van der Waals surface area contributed by atoms with Gasteiger partial charge in [0.2, 0.25) is 0 Å². The second-order valence-electron chi connectivity index (χ2n) is 13.5. The Hall–Kier alpha value is -2.60. The van der Waals surface area contributed by atoms with Gasteiger partial charge in [0.1, 0.15) is 0 Å². The molecule has 41 heavy (non-hydrogen) atoms. The van der Waals surface area contributed by atoms with Crippen LogP contribution in [0.15, 0.2) is 106 Å².